The summed E-state index contributed by atoms with van der Waals surface area (Å²) in [5, 5.41) is 2.44. The second kappa shape index (κ2) is 12.1. The van der Waals surface area contributed by atoms with Crippen molar-refractivity contribution in [1.29, 1.82) is 0 Å². The van der Waals surface area contributed by atoms with Crippen LogP contribution >= 0.6 is 11.8 Å². The van der Waals surface area contributed by atoms with E-state index in [1.165, 1.54) is 0 Å². The number of rotatable bonds is 11. The summed E-state index contributed by atoms with van der Waals surface area (Å²) in [6.07, 6.45) is 2.26. The molecule has 1 unspecified atom stereocenters. The van der Waals surface area contributed by atoms with E-state index in [2.05, 4.69) is 41.7 Å². The first kappa shape index (κ1) is 23.6. The Hall–Kier alpha value is -3.05. The van der Waals surface area contributed by atoms with Crippen molar-refractivity contribution >= 4 is 24.1 Å². The van der Waals surface area contributed by atoms with Crippen LogP contribution in [0.3, 0.4) is 0 Å². The molecule has 0 aromatic heterocycles. The van der Waals surface area contributed by atoms with Gasteiger partial charge in [-0.25, -0.2) is 4.79 Å². The quantitative estimate of drug-likeness (QED) is 0.166. The van der Waals surface area contributed by atoms with Crippen LogP contribution in [0.5, 0.6) is 0 Å². The molecule has 4 nitrogen and oxygen atoms in total. The molecule has 3 aromatic rings. The highest BCUT2D eigenvalue weighted by Crippen LogP contribution is 2.50. The molecule has 32 heavy (non-hydrogen) atoms. The maximum Gasteiger partial charge on any atom is 0.408 e. The SMILES string of the molecule is CCCCOC(=O)NC(CC=O)SC(c1ccccc1)(c1ccccc1)c1ccccc1. The molecule has 0 spiro atoms. The lowest BCUT2D eigenvalue weighted by Gasteiger charge is -2.38. The van der Waals surface area contributed by atoms with Crippen LogP contribution in [0.1, 0.15) is 42.9 Å². The molecular formula is C27H29NO3S. The lowest BCUT2D eigenvalue weighted by molar-refractivity contribution is -0.107. The first-order chi connectivity index (χ1) is 15.7. The fourth-order valence-corrected chi connectivity index (χ4v) is 5.22. The molecule has 3 aromatic carbocycles. The Labute approximate surface area is 194 Å². The van der Waals surface area contributed by atoms with E-state index in [-0.39, 0.29) is 6.42 Å². The lowest BCUT2D eigenvalue weighted by atomic mass is 9.84. The van der Waals surface area contributed by atoms with E-state index < -0.39 is 16.2 Å². The Bertz CT molecular complexity index is 867. The number of nitrogens with one attached hydrogen (secondary N) is 1. The van der Waals surface area contributed by atoms with Gasteiger partial charge in [0.15, 0.2) is 0 Å². The van der Waals surface area contributed by atoms with Crippen molar-refractivity contribution in [2.75, 3.05) is 6.61 Å². The number of unbranched alkanes of at least 4 members (excludes halogenated alkanes) is 1. The minimum Gasteiger partial charge on any atom is -0.450 e. The van der Waals surface area contributed by atoms with E-state index in [0.717, 1.165) is 35.8 Å². The maximum atomic E-state index is 12.4. The van der Waals surface area contributed by atoms with Crippen molar-refractivity contribution in [3.8, 4) is 0 Å². The molecule has 3 rings (SSSR count). The van der Waals surface area contributed by atoms with E-state index in [9.17, 15) is 9.59 Å². The molecule has 0 aliphatic rings. The van der Waals surface area contributed by atoms with Crippen LogP contribution in [0, 0.1) is 0 Å². The number of ether oxygens (including phenoxy) is 1. The average molecular weight is 448 g/mol. The van der Waals surface area contributed by atoms with Gasteiger partial charge < -0.3 is 14.8 Å². The van der Waals surface area contributed by atoms with Crippen LogP contribution in [-0.4, -0.2) is 24.4 Å². The largest absolute Gasteiger partial charge is 0.450 e. The van der Waals surface area contributed by atoms with Gasteiger partial charge in [0.2, 0.25) is 0 Å². The third kappa shape index (κ3) is 5.80. The minimum atomic E-state index is -0.631. The molecule has 0 aliphatic carbocycles. The van der Waals surface area contributed by atoms with Gasteiger partial charge in [0, 0.05) is 6.42 Å². The van der Waals surface area contributed by atoms with Gasteiger partial charge >= 0.3 is 6.09 Å². The van der Waals surface area contributed by atoms with E-state index in [4.69, 9.17) is 4.74 Å². The molecule has 1 atom stereocenters. The Balaban J connectivity index is 2.06. The van der Waals surface area contributed by atoms with Crippen LogP contribution in [0.4, 0.5) is 4.79 Å². The number of amides is 1. The molecule has 0 bridgehead atoms. The summed E-state index contributed by atoms with van der Waals surface area (Å²) in [5.74, 6) is 0. The second-order valence-corrected chi connectivity index (χ2v) is 8.84. The fourth-order valence-electron chi connectivity index (χ4n) is 3.64. The summed E-state index contributed by atoms with van der Waals surface area (Å²) >= 11 is 1.55. The van der Waals surface area contributed by atoms with Gasteiger partial charge in [-0.1, -0.05) is 104 Å². The first-order valence-corrected chi connectivity index (χ1v) is 11.8. The van der Waals surface area contributed by atoms with Crippen LogP contribution in [0.15, 0.2) is 91.0 Å². The summed E-state index contributed by atoms with van der Waals surface area (Å²) in [7, 11) is 0. The number of benzene rings is 3. The zero-order valence-corrected chi connectivity index (χ0v) is 19.1. The third-order valence-electron chi connectivity index (χ3n) is 5.18. The van der Waals surface area contributed by atoms with Crippen molar-refractivity contribution < 1.29 is 14.3 Å². The highest BCUT2D eigenvalue weighted by molar-refractivity contribution is 8.01. The van der Waals surface area contributed by atoms with Crippen molar-refractivity contribution in [3.05, 3.63) is 108 Å². The van der Waals surface area contributed by atoms with Crippen LogP contribution in [0.2, 0.25) is 0 Å². The summed E-state index contributed by atoms with van der Waals surface area (Å²) in [5.41, 5.74) is 3.21. The van der Waals surface area contributed by atoms with E-state index in [1.54, 1.807) is 11.8 Å². The Morgan fingerprint density at radius 1 is 0.906 bits per heavy atom. The van der Waals surface area contributed by atoms with Crippen molar-refractivity contribution in [1.82, 2.24) is 5.32 Å². The molecule has 0 saturated carbocycles. The number of alkyl carbamates (subject to hydrolysis) is 1. The van der Waals surface area contributed by atoms with Gasteiger partial charge in [-0.15, -0.1) is 11.8 Å². The maximum absolute atomic E-state index is 12.4. The zero-order valence-electron chi connectivity index (χ0n) is 18.3. The summed E-state index contributed by atoms with van der Waals surface area (Å²) in [6.45, 7) is 2.41. The van der Waals surface area contributed by atoms with Gasteiger partial charge in [0.05, 0.1) is 16.7 Å². The molecule has 166 valence electrons. The highest BCUT2D eigenvalue weighted by Gasteiger charge is 2.39. The number of carbonyl (C=O) groups is 2. The van der Waals surface area contributed by atoms with Gasteiger partial charge in [0.1, 0.15) is 6.29 Å². The van der Waals surface area contributed by atoms with E-state index >= 15 is 0 Å². The van der Waals surface area contributed by atoms with E-state index in [1.807, 2.05) is 61.5 Å². The number of thioether (sulfide) groups is 1. The smallest absolute Gasteiger partial charge is 0.408 e. The lowest BCUT2D eigenvalue weighted by Crippen LogP contribution is -2.38. The molecule has 5 heteroatoms. The van der Waals surface area contributed by atoms with Crippen molar-refractivity contribution in [3.63, 3.8) is 0 Å². The minimum absolute atomic E-state index is 0.168. The fraction of sp³-hybridized carbons (Fsp3) is 0.259. The molecule has 0 radical (unpaired) electrons. The number of carbonyl (C=O) groups excluding carboxylic acids is 2. The first-order valence-electron chi connectivity index (χ1n) is 10.9. The number of aldehydes is 1. The Morgan fingerprint density at radius 2 is 1.38 bits per heavy atom. The molecule has 1 amide bonds. The standard InChI is InChI=1S/C27H29NO3S/c1-2-3-21-31-26(30)28-25(19-20-29)32-27(22-13-7-4-8-14-22,23-15-9-5-10-16-23)24-17-11-6-12-18-24/h4-18,20,25H,2-3,19,21H2,1H3,(H,28,30). The third-order valence-corrected chi connectivity index (χ3v) is 6.84. The monoisotopic (exact) mass is 447 g/mol. The Morgan fingerprint density at radius 3 is 1.78 bits per heavy atom. The molecule has 0 heterocycles. The predicted molar refractivity (Wildman–Crippen MR) is 131 cm³/mol. The van der Waals surface area contributed by atoms with Crippen LogP contribution in [-0.2, 0) is 14.3 Å². The highest BCUT2D eigenvalue weighted by atomic mass is 32.2. The summed E-state index contributed by atoms with van der Waals surface area (Å²) < 4.78 is 4.68. The number of hydrogen-bond acceptors (Lipinski definition) is 4. The molecular weight excluding hydrogens is 418 g/mol. The Kier molecular flexibility index (Phi) is 8.93. The average Bonchev–Trinajstić information content (AvgIpc) is 2.84. The predicted octanol–water partition coefficient (Wildman–Crippen LogP) is 6.15. The molecule has 0 aliphatic heterocycles. The molecule has 0 fully saturated rings. The normalized spacial score (nSPS) is 12.0. The zero-order chi connectivity index (χ0) is 22.7. The summed E-state index contributed by atoms with van der Waals surface area (Å²) in [6, 6.07) is 30.6. The van der Waals surface area contributed by atoms with Gasteiger partial charge in [-0.3, -0.25) is 0 Å². The van der Waals surface area contributed by atoms with Gasteiger partial charge in [0.25, 0.3) is 0 Å². The molecule has 0 saturated heterocycles. The number of hydrogen-bond donors (Lipinski definition) is 1. The van der Waals surface area contributed by atoms with Crippen LogP contribution in [0.25, 0.3) is 0 Å². The topological polar surface area (TPSA) is 55.4 Å². The van der Waals surface area contributed by atoms with Gasteiger partial charge in [-0.2, -0.15) is 0 Å². The van der Waals surface area contributed by atoms with E-state index in [0.29, 0.717) is 6.61 Å². The van der Waals surface area contributed by atoms with Crippen molar-refractivity contribution in [2.24, 2.45) is 0 Å². The molecule has 1 N–H and O–H groups in total. The second-order valence-electron chi connectivity index (χ2n) is 7.42. The van der Waals surface area contributed by atoms with Gasteiger partial charge in [-0.05, 0) is 23.1 Å². The van der Waals surface area contributed by atoms with Crippen molar-refractivity contribution in [2.45, 2.75) is 36.3 Å². The summed E-state index contributed by atoms with van der Waals surface area (Å²) in [4.78, 5) is 24.0. The van der Waals surface area contributed by atoms with Crippen LogP contribution < -0.4 is 5.32 Å².